The van der Waals surface area contributed by atoms with Crippen molar-refractivity contribution in [2.24, 2.45) is 5.92 Å². The van der Waals surface area contributed by atoms with Crippen molar-refractivity contribution >= 4 is 0 Å². The second kappa shape index (κ2) is 7.24. The van der Waals surface area contributed by atoms with Crippen molar-refractivity contribution in [1.82, 2.24) is 5.32 Å². The quantitative estimate of drug-likeness (QED) is 0.834. The Bertz CT molecular complexity index is 382. The molecule has 0 aliphatic heterocycles. The van der Waals surface area contributed by atoms with Crippen LogP contribution in [0.4, 0.5) is 0 Å². The van der Waals surface area contributed by atoms with Crippen molar-refractivity contribution in [3.05, 3.63) is 35.9 Å². The highest BCUT2D eigenvalue weighted by molar-refractivity contribution is 5.17. The van der Waals surface area contributed by atoms with Crippen molar-refractivity contribution in [3.63, 3.8) is 0 Å². The van der Waals surface area contributed by atoms with Crippen LogP contribution in [0.15, 0.2) is 30.3 Å². The summed E-state index contributed by atoms with van der Waals surface area (Å²) in [6, 6.07) is 10.6. The summed E-state index contributed by atoms with van der Waals surface area (Å²) >= 11 is 0. The van der Waals surface area contributed by atoms with E-state index >= 15 is 0 Å². The SMILES string of the molecule is CCC1CCC(CNC)(OC(C)c2ccccc2)CC1. The third-order valence-electron chi connectivity index (χ3n) is 4.79. The highest BCUT2D eigenvalue weighted by atomic mass is 16.5. The average molecular weight is 275 g/mol. The Morgan fingerprint density at radius 1 is 1.25 bits per heavy atom. The summed E-state index contributed by atoms with van der Waals surface area (Å²) in [6.45, 7) is 5.45. The van der Waals surface area contributed by atoms with E-state index in [9.17, 15) is 0 Å². The van der Waals surface area contributed by atoms with Gasteiger partial charge in [0.2, 0.25) is 0 Å². The molecule has 112 valence electrons. The lowest BCUT2D eigenvalue weighted by Gasteiger charge is -2.42. The van der Waals surface area contributed by atoms with Gasteiger partial charge in [-0.3, -0.25) is 0 Å². The molecule has 1 fully saturated rings. The minimum atomic E-state index is 0.0235. The molecule has 0 bridgehead atoms. The average Bonchev–Trinajstić information content (AvgIpc) is 2.49. The molecule has 1 unspecified atom stereocenters. The van der Waals surface area contributed by atoms with Gasteiger partial charge in [-0.05, 0) is 51.1 Å². The second-order valence-electron chi connectivity index (χ2n) is 6.24. The molecule has 2 rings (SSSR count). The lowest BCUT2D eigenvalue weighted by molar-refractivity contribution is -0.113. The van der Waals surface area contributed by atoms with Gasteiger partial charge < -0.3 is 10.1 Å². The molecule has 0 radical (unpaired) electrons. The van der Waals surface area contributed by atoms with Crippen LogP contribution < -0.4 is 5.32 Å². The van der Waals surface area contributed by atoms with Crippen molar-refractivity contribution in [2.75, 3.05) is 13.6 Å². The van der Waals surface area contributed by atoms with Gasteiger partial charge in [0, 0.05) is 6.54 Å². The molecule has 0 aromatic heterocycles. The van der Waals surface area contributed by atoms with Gasteiger partial charge in [0.05, 0.1) is 11.7 Å². The largest absolute Gasteiger partial charge is 0.366 e. The summed E-state index contributed by atoms with van der Waals surface area (Å²) in [5.41, 5.74) is 1.30. The van der Waals surface area contributed by atoms with Crippen molar-refractivity contribution in [1.29, 1.82) is 0 Å². The van der Waals surface area contributed by atoms with Gasteiger partial charge >= 0.3 is 0 Å². The van der Waals surface area contributed by atoms with E-state index in [1.54, 1.807) is 0 Å². The smallest absolute Gasteiger partial charge is 0.0814 e. The molecule has 1 saturated carbocycles. The van der Waals surface area contributed by atoms with Crippen LogP contribution in [0.1, 0.15) is 57.6 Å². The van der Waals surface area contributed by atoms with Gasteiger partial charge in [-0.1, -0.05) is 43.7 Å². The van der Waals surface area contributed by atoms with E-state index in [0.717, 1.165) is 12.5 Å². The molecule has 0 spiro atoms. The molecule has 1 N–H and O–H groups in total. The number of benzene rings is 1. The Hall–Kier alpha value is -0.860. The molecule has 1 aliphatic carbocycles. The van der Waals surface area contributed by atoms with Crippen LogP contribution in [0, 0.1) is 5.92 Å². The van der Waals surface area contributed by atoms with Crippen LogP contribution in [0.5, 0.6) is 0 Å². The van der Waals surface area contributed by atoms with E-state index in [1.807, 2.05) is 7.05 Å². The van der Waals surface area contributed by atoms with Gasteiger partial charge in [-0.25, -0.2) is 0 Å². The minimum absolute atomic E-state index is 0.0235. The highest BCUT2D eigenvalue weighted by Crippen LogP contribution is 2.39. The zero-order chi connectivity index (χ0) is 14.4. The Morgan fingerprint density at radius 3 is 2.45 bits per heavy atom. The molecule has 2 heteroatoms. The molecule has 0 amide bonds. The maximum Gasteiger partial charge on any atom is 0.0814 e. The first kappa shape index (κ1) is 15.5. The van der Waals surface area contributed by atoms with E-state index in [2.05, 4.69) is 49.5 Å². The summed E-state index contributed by atoms with van der Waals surface area (Å²) in [5.74, 6) is 0.899. The summed E-state index contributed by atoms with van der Waals surface area (Å²) in [6.07, 6.45) is 6.46. The predicted octanol–water partition coefficient (Wildman–Crippen LogP) is 4.32. The highest BCUT2D eigenvalue weighted by Gasteiger charge is 2.36. The normalized spacial score (nSPS) is 28.2. The van der Waals surface area contributed by atoms with Crippen molar-refractivity contribution < 1.29 is 4.74 Å². The third-order valence-corrected chi connectivity index (χ3v) is 4.79. The van der Waals surface area contributed by atoms with Crippen LogP contribution in [0.3, 0.4) is 0 Å². The fourth-order valence-electron chi connectivity index (χ4n) is 3.44. The molecule has 1 aliphatic rings. The van der Waals surface area contributed by atoms with Crippen LogP contribution in [-0.4, -0.2) is 19.2 Å². The van der Waals surface area contributed by atoms with Gasteiger partial charge in [-0.15, -0.1) is 0 Å². The first-order chi connectivity index (χ1) is 9.69. The first-order valence-electron chi connectivity index (χ1n) is 8.06. The Kier molecular flexibility index (Phi) is 5.62. The molecule has 0 saturated heterocycles. The Morgan fingerprint density at radius 2 is 1.90 bits per heavy atom. The van der Waals surface area contributed by atoms with E-state index in [-0.39, 0.29) is 11.7 Å². The maximum absolute atomic E-state index is 6.54. The third kappa shape index (κ3) is 3.83. The Labute approximate surface area is 123 Å². The first-order valence-corrected chi connectivity index (χ1v) is 8.06. The fourth-order valence-corrected chi connectivity index (χ4v) is 3.44. The number of hydrogen-bond donors (Lipinski definition) is 1. The lowest BCUT2D eigenvalue weighted by Crippen LogP contribution is -2.45. The zero-order valence-corrected chi connectivity index (χ0v) is 13.2. The molecule has 1 atom stereocenters. The Balaban J connectivity index is 2.02. The zero-order valence-electron chi connectivity index (χ0n) is 13.2. The molecule has 1 aromatic carbocycles. The van der Waals surface area contributed by atoms with Crippen molar-refractivity contribution in [3.8, 4) is 0 Å². The number of likely N-dealkylation sites (N-methyl/N-ethyl adjacent to an activating group) is 1. The van der Waals surface area contributed by atoms with Crippen molar-refractivity contribution in [2.45, 2.75) is 57.7 Å². The number of rotatable bonds is 6. The summed E-state index contributed by atoms with van der Waals surface area (Å²) < 4.78 is 6.54. The molecule has 1 aromatic rings. The second-order valence-corrected chi connectivity index (χ2v) is 6.24. The maximum atomic E-state index is 6.54. The van der Waals surface area contributed by atoms with Crippen LogP contribution in [0.25, 0.3) is 0 Å². The van der Waals surface area contributed by atoms with Gasteiger partial charge in [0.15, 0.2) is 0 Å². The van der Waals surface area contributed by atoms with E-state index in [4.69, 9.17) is 4.74 Å². The standard InChI is InChI=1S/C18H29NO/c1-4-16-10-12-18(13-11-16,14-19-3)20-15(2)17-8-6-5-7-9-17/h5-9,15-16,19H,4,10-14H2,1-3H3. The fraction of sp³-hybridized carbons (Fsp3) is 0.667. The monoisotopic (exact) mass is 275 g/mol. The van der Waals surface area contributed by atoms with Crippen LogP contribution >= 0.6 is 0 Å². The van der Waals surface area contributed by atoms with Crippen LogP contribution in [0.2, 0.25) is 0 Å². The van der Waals surface area contributed by atoms with E-state index in [0.29, 0.717) is 0 Å². The summed E-state index contributed by atoms with van der Waals surface area (Å²) in [7, 11) is 2.03. The topological polar surface area (TPSA) is 21.3 Å². The summed E-state index contributed by atoms with van der Waals surface area (Å²) in [5, 5.41) is 3.34. The van der Waals surface area contributed by atoms with Gasteiger partial charge in [-0.2, -0.15) is 0 Å². The summed E-state index contributed by atoms with van der Waals surface area (Å²) in [4.78, 5) is 0. The molecule has 20 heavy (non-hydrogen) atoms. The molecular weight excluding hydrogens is 246 g/mol. The number of nitrogens with one attached hydrogen (secondary N) is 1. The minimum Gasteiger partial charge on any atom is -0.366 e. The van der Waals surface area contributed by atoms with E-state index < -0.39 is 0 Å². The molecule has 2 nitrogen and oxygen atoms in total. The molecular formula is C18H29NO. The van der Waals surface area contributed by atoms with Gasteiger partial charge in [0.1, 0.15) is 0 Å². The van der Waals surface area contributed by atoms with Crippen LogP contribution in [-0.2, 0) is 4.74 Å². The number of hydrogen-bond acceptors (Lipinski definition) is 2. The van der Waals surface area contributed by atoms with E-state index in [1.165, 1.54) is 37.7 Å². The van der Waals surface area contributed by atoms with Gasteiger partial charge in [0.25, 0.3) is 0 Å². The molecule has 0 heterocycles. The predicted molar refractivity (Wildman–Crippen MR) is 84.8 cm³/mol. The lowest BCUT2D eigenvalue weighted by atomic mass is 9.77. The number of ether oxygens (including phenoxy) is 1.